The third kappa shape index (κ3) is 4.14. The molecule has 0 spiro atoms. The zero-order chi connectivity index (χ0) is 17.6. The zero-order valence-corrected chi connectivity index (χ0v) is 13.7. The molecule has 0 unspecified atom stereocenters. The van der Waals surface area contributed by atoms with Gasteiger partial charge < -0.3 is 15.1 Å². The van der Waals surface area contributed by atoms with Crippen molar-refractivity contribution in [2.24, 2.45) is 0 Å². The Kier molecular flexibility index (Phi) is 4.95. The van der Waals surface area contributed by atoms with Crippen LogP contribution in [0.25, 0.3) is 0 Å². The molecular formula is C20H18N2O3. The zero-order valence-electron chi connectivity index (χ0n) is 13.7. The first-order valence-electron chi connectivity index (χ1n) is 7.90. The second kappa shape index (κ2) is 7.49. The number of amides is 1. The maximum atomic E-state index is 12.8. The van der Waals surface area contributed by atoms with Crippen LogP contribution in [0.5, 0.6) is 0 Å². The number of nitrogens with one attached hydrogen (secondary N) is 2. The summed E-state index contributed by atoms with van der Waals surface area (Å²) in [6.45, 7) is 1.96. The monoisotopic (exact) mass is 334 g/mol. The van der Waals surface area contributed by atoms with Crippen molar-refractivity contribution in [3.05, 3.63) is 89.9 Å². The summed E-state index contributed by atoms with van der Waals surface area (Å²) in [7, 11) is 0. The van der Waals surface area contributed by atoms with Crippen LogP contribution in [0.15, 0.2) is 77.4 Å². The molecule has 5 nitrogen and oxygen atoms in total. The predicted molar refractivity (Wildman–Crippen MR) is 95.5 cm³/mol. The van der Waals surface area contributed by atoms with Gasteiger partial charge in [-0.25, -0.2) is 0 Å². The molecule has 3 rings (SSSR count). The highest BCUT2D eigenvalue weighted by Gasteiger charge is 2.23. The fourth-order valence-electron chi connectivity index (χ4n) is 2.45. The first-order valence-corrected chi connectivity index (χ1v) is 7.90. The molecule has 0 saturated heterocycles. The highest BCUT2D eigenvalue weighted by atomic mass is 16.3. The van der Waals surface area contributed by atoms with Gasteiger partial charge in [0.2, 0.25) is 5.78 Å². The van der Waals surface area contributed by atoms with E-state index in [4.69, 9.17) is 4.42 Å². The van der Waals surface area contributed by atoms with Crippen LogP contribution in [-0.2, 0) is 0 Å². The molecular weight excluding hydrogens is 316 g/mol. The summed E-state index contributed by atoms with van der Waals surface area (Å²) >= 11 is 0. The summed E-state index contributed by atoms with van der Waals surface area (Å²) in [5.41, 5.74) is 2.30. The molecule has 1 heterocycles. The number of carbonyl (C=O) groups excluding carboxylic acids is 2. The van der Waals surface area contributed by atoms with E-state index >= 15 is 0 Å². The molecule has 0 aliphatic carbocycles. The highest BCUT2D eigenvalue weighted by molar-refractivity contribution is 6.04. The second-order valence-electron chi connectivity index (χ2n) is 5.63. The number of aryl methyl sites for hydroxylation is 1. The average molecular weight is 334 g/mol. The van der Waals surface area contributed by atoms with E-state index in [-0.39, 0.29) is 11.5 Å². The van der Waals surface area contributed by atoms with Crippen molar-refractivity contribution < 1.29 is 14.0 Å². The van der Waals surface area contributed by atoms with Crippen molar-refractivity contribution in [2.45, 2.75) is 13.1 Å². The van der Waals surface area contributed by atoms with Gasteiger partial charge >= 0.3 is 0 Å². The van der Waals surface area contributed by atoms with Crippen LogP contribution in [0.1, 0.15) is 26.5 Å². The van der Waals surface area contributed by atoms with E-state index in [1.807, 2.05) is 37.3 Å². The van der Waals surface area contributed by atoms with Crippen LogP contribution < -0.4 is 10.6 Å². The molecule has 5 heteroatoms. The molecule has 0 radical (unpaired) electrons. The molecule has 2 N–H and O–H groups in total. The van der Waals surface area contributed by atoms with Gasteiger partial charge in [-0.3, -0.25) is 9.59 Å². The Bertz CT molecular complexity index is 858. The van der Waals surface area contributed by atoms with Gasteiger partial charge in [0.15, 0.2) is 11.9 Å². The molecule has 1 atom stereocenters. The maximum absolute atomic E-state index is 12.8. The lowest BCUT2D eigenvalue weighted by molar-refractivity contribution is 0.0853. The molecule has 0 fully saturated rings. The molecule has 0 aliphatic heterocycles. The van der Waals surface area contributed by atoms with Crippen LogP contribution in [0, 0.1) is 6.92 Å². The standard InChI is InChI=1S/C20H18N2O3/c1-14-7-5-10-16(13-14)21-19(18(23)15-8-3-2-4-9-15)22-20(24)17-11-6-12-25-17/h2-13,19,21H,1H3,(H,22,24)/t19-/m1/s1. The molecule has 2 aromatic carbocycles. The lowest BCUT2D eigenvalue weighted by Crippen LogP contribution is -2.46. The largest absolute Gasteiger partial charge is 0.459 e. The van der Waals surface area contributed by atoms with Crippen molar-refractivity contribution in [1.82, 2.24) is 5.32 Å². The van der Waals surface area contributed by atoms with E-state index in [9.17, 15) is 9.59 Å². The Balaban J connectivity index is 1.85. The van der Waals surface area contributed by atoms with Gasteiger partial charge in [0.1, 0.15) is 0 Å². The first-order chi connectivity index (χ1) is 12.1. The summed E-state index contributed by atoms with van der Waals surface area (Å²) in [6.07, 6.45) is 0.499. The van der Waals surface area contributed by atoms with Gasteiger partial charge in [0.05, 0.1) is 6.26 Å². The number of hydrogen-bond acceptors (Lipinski definition) is 4. The van der Waals surface area contributed by atoms with Crippen LogP contribution >= 0.6 is 0 Å². The molecule has 126 valence electrons. The fourth-order valence-corrected chi connectivity index (χ4v) is 2.45. The van der Waals surface area contributed by atoms with Gasteiger partial charge in [-0.15, -0.1) is 0 Å². The SMILES string of the molecule is Cc1cccc(N[C@H](NC(=O)c2ccco2)C(=O)c2ccccc2)c1. The summed E-state index contributed by atoms with van der Waals surface area (Å²) in [4.78, 5) is 25.1. The molecule has 0 saturated carbocycles. The van der Waals surface area contributed by atoms with E-state index in [1.54, 1.807) is 36.4 Å². The average Bonchev–Trinajstić information content (AvgIpc) is 3.16. The Labute approximate surface area is 145 Å². The molecule has 0 aliphatic rings. The van der Waals surface area contributed by atoms with Crippen molar-refractivity contribution in [1.29, 1.82) is 0 Å². The summed E-state index contributed by atoms with van der Waals surface area (Å²) in [5, 5.41) is 5.78. The minimum Gasteiger partial charge on any atom is -0.459 e. The normalized spacial score (nSPS) is 11.6. The van der Waals surface area contributed by atoms with E-state index in [2.05, 4.69) is 10.6 Å². The van der Waals surface area contributed by atoms with Crippen molar-refractivity contribution in [3.8, 4) is 0 Å². The molecule has 25 heavy (non-hydrogen) atoms. The first kappa shape index (κ1) is 16.5. The molecule has 1 amide bonds. The number of carbonyl (C=O) groups is 2. The second-order valence-corrected chi connectivity index (χ2v) is 5.63. The van der Waals surface area contributed by atoms with Crippen LogP contribution in [-0.4, -0.2) is 17.9 Å². The Morgan fingerprint density at radius 2 is 1.76 bits per heavy atom. The molecule has 3 aromatic rings. The highest BCUT2D eigenvalue weighted by Crippen LogP contribution is 2.13. The number of furan rings is 1. The summed E-state index contributed by atoms with van der Waals surface area (Å²) in [6, 6.07) is 19.6. The number of anilines is 1. The number of hydrogen-bond donors (Lipinski definition) is 2. The fraction of sp³-hybridized carbons (Fsp3) is 0.100. The minimum atomic E-state index is -0.915. The van der Waals surface area contributed by atoms with Crippen molar-refractivity contribution in [2.75, 3.05) is 5.32 Å². The number of ketones is 1. The Hall–Kier alpha value is -3.34. The summed E-state index contributed by atoms with van der Waals surface area (Å²) in [5.74, 6) is -0.543. The van der Waals surface area contributed by atoms with Gasteiger partial charge in [-0.1, -0.05) is 42.5 Å². The van der Waals surface area contributed by atoms with Crippen LogP contribution in [0.4, 0.5) is 5.69 Å². The van der Waals surface area contributed by atoms with Gasteiger partial charge in [0.25, 0.3) is 5.91 Å². The lowest BCUT2D eigenvalue weighted by atomic mass is 10.1. The van der Waals surface area contributed by atoms with Crippen LogP contribution in [0.3, 0.4) is 0 Å². The van der Waals surface area contributed by atoms with Crippen molar-refractivity contribution >= 4 is 17.4 Å². The minimum absolute atomic E-state index is 0.150. The number of benzene rings is 2. The lowest BCUT2D eigenvalue weighted by Gasteiger charge is -2.20. The predicted octanol–water partition coefficient (Wildman–Crippen LogP) is 3.64. The topological polar surface area (TPSA) is 71.3 Å². The maximum Gasteiger partial charge on any atom is 0.288 e. The third-order valence-corrected chi connectivity index (χ3v) is 3.67. The van der Waals surface area contributed by atoms with Crippen molar-refractivity contribution in [3.63, 3.8) is 0 Å². The Morgan fingerprint density at radius 3 is 2.44 bits per heavy atom. The Morgan fingerprint density at radius 1 is 0.960 bits per heavy atom. The third-order valence-electron chi connectivity index (χ3n) is 3.67. The molecule has 0 bridgehead atoms. The van der Waals surface area contributed by atoms with E-state index in [0.29, 0.717) is 5.56 Å². The van der Waals surface area contributed by atoms with Crippen LogP contribution in [0.2, 0.25) is 0 Å². The van der Waals surface area contributed by atoms with E-state index < -0.39 is 12.1 Å². The van der Waals surface area contributed by atoms with Gasteiger partial charge in [-0.05, 0) is 36.8 Å². The van der Waals surface area contributed by atoms with E-state index in [0.717, 1.165) is 11.3 Å². The van der Waals surface area contributed by atoms with Gasteiger partial charge in [-0.2, -0.15) is 0 Å². The number of Topliss-reactive ketones (excluding diaryl/α,β-unsaturated/α-hetero) is 1. The van der Waals surface area contributed by atoms with E-state index in [1.165, 1.54) is 6.26 Å². The summed E-state index contributed by atoms with van der Waals surface area (Å²) < 4.78 is 5.10. The molecule has 1 aromatic heterocycles. The van der Waals surface area contributed by atoms with Gasteiger partial charge in [0, 0.05) is 11.3 Å². The smallest absolute Gasteiger partial charge is 0.288 e. The number of rotatable bonds is 6. The quantitative estimate of drug-likeness (QED) is 0.533.